The molecule has 0 aromatic heterocycles. The van der Waals surface area contributed by atoms with Crippen molar-refractivity contribution in [2.75, 3.05) is 13.1 Å². The quantitative estimate of drug-likeness (QED) is 0.805. The van der Waals surface area contributed by atoms with Crippen LogP contribution in [0, 0.1) is 18.8 Å². The van der Waals surface area contributed by atoms with Crippen LogP contribution in [0.1, 0.15) is 62.0 Å². The van der Waals surface area contributed by atoms with Crippen LogP contribution in [0.25, 0.3) is 0 Å². The van der Waals surface area contributed by atoms with Crippen LogP contribution in [0.4, 0.5) is 0 Å². The zero-order valence-electron chi connectivity index (χ0n) is 17.8. The highest BCUT2D eigenvalue weighted by Crippen LogP contribution is 2.55. The summed E-state index contributed by atoms with van der Waals surface area (Å²) >= 11 is 0. The summed E-state index contributed by atoms with van der Waals surface area (Å²) in [5, 5.41) is 11.6. The van der Waals surface area contributed by atoms with E-state index in [1.54, 1.807) is 0 Å². The van der Waals surface area contributed by atoms with Gasteiger partial charge in [0, 0.05) is 31.1 Å². The first-order valence-electron chi connectivity index (χ1n) is 10.6. The van der Waals surface area contributed by atoms with Crippen molar-refractivity contribution in [2.24, 2.45) is 11.8 Å². The second-order valence-corrected chi connectivity index (χ2v) is 9.33. The lowest BCUT2D eigenvalue weighted by molar-refractivity contribution is -0.0594. The van der Waals surface area contributed by atoms with Gasteiger partial charge in [-0.15, -0.1) is 0 Å². The Bertz CT molecular complexity index is 845. The molecule has 0 bridgehead atoms. The van der Waals surface area contributed by atoms with Crippen LogP contribution < -0.4 is 4.74 Å². The largest absolute Gasteiger partial charge is 0.482 e. The Hall–Kier alpha value is -1.84. The number of aliphatic hydroxyl groups is 1. The van der Waals surface area contributed by atoms with E-state index in [1.807, 2.05) is 0 Å². The third-order valence-electron chi connectivity index (χ3n) is 6.70. The van der Waals surface area contributed by atoms with Crippen molar-refractivity contribution in [3.63, 3.8) is 0 Å². The van der Waals surface area contributed by atoms with Gasteiger partial charge in [0.25, 0.3) is 0 Å². The number of likely N-dealkylation sites (tertiary alicyclic amines) is 1. The summed E-state index contributed by atoms with van der Waals surface area (Å²) in [4.78, 5) is 2.46. The molecule has 0 radical (unpaired) electrons. The maximum absolute atomic E-state index is 11.6. The first-order valence-corrected chi connectivity index (χ1v) is 10.6. The molecule has 3 nitrogen and oxygen atoms in total. The van der Waals surface area contributed by atoms with E-state index in [0.717, 1.165) is 36.5 Å². The van der Waals surface area contributed by atoms with E-state index in [4.69, 9.17) is 4.74 Å². The first-order chi connectivity index (χ1) is 13.3. The Labute approximate surface area is 169 Å². The van der Waals surface area contributed by atoms with Crippen LogP contribution in [0.15, 0.2) is 42.5 Å². The fraction of sp³-hybridized carbons (Fsp3) is 0.520. The summed E-state index contributed by atoms with van der Waals surface area (Å²) in [5.74, 6) is 2.04. The van der Waals surface area contributed by atoms with Crippen LogP contribution in [0.2, 0.25) is 0 Å². The zero-order valence-corrected chi connectivity index (χ0v) is 17.8. The van der Waals surface area contributed by atoms with Gasteiger partial charge in [-0.3, -0.25) is 4.90 Å². The van der Waals surface area contributed by atoms with Gasteiger partial charge in [0.1, 0.15) is 11.9 Å². The van der Waals surface area contributed by atoms with E-state index in [9.17, 15) is 5.11 Å². The molecule has 1 unspecified atom stereocenters. The average molecular weight is 380 g/mol. The van der Waals surface area contributed by atoms with Crippen molar-refractivity contribution in [2.45, 2.75) is 58.8 Å². The molecule has 150 valence electrons. The minimum Gasteiger partial charge on any atom is -0.482 e. The van der Waals surface area contributed by atoms with E-state index in [0.29, 0.717) is 11.8 Å². The van der Waals surface area contributed by atoms with Crippen LogP contribution in [0.5, 0.6) is 5.75 Å². The van der Waals surface area contributed by atoms with Gasteiger partial charge in [-0.1, -0.05) is 70.2 Å². The second kappa shape index (κ2) is 7.20. The minimum absolute atomic E-state index is 0.290. The van der Waals surface area contributed by atoms with Crippen molar-refractivity contribution >= 4 is 0 Å². The molecular formula is C25H33NO2. The number of fused-ring (bicyclic) bond motifs is 1. The van der Waals surface area contributed by atoms with Crippen LogP contribution in [-0.2, 0) is 6.54 Å². The normalized spacial score (nSPS) is 27.0. The molecule has 2 aliphatic heterocycles. The van der Waals surface area contributed by atoms with Crippen molar-refractivity contribution in [1.29, 1.82) is 0 Å². The molecule has 2 heterocycles. The molecule has 0 saturated carbocycles. The minimum atomic E-state index is -0.575. The summed E-state index contributed by atoms with van der Waals surface area (Å²) in [6.45, 7) is 13.6. The summed E-state index contributed by atoms with van der Waals surface area (Å²) < 4.78 is 6.79. The number of aliphatic hydroxyl groups excluding tert-OH is 1. The number of aryl methyl sites for hydroxylation is 1. The van der Waals surface area contributed by atoms with Crippen molar-refractivity contribution < 1.29 is 9.84 Å². The first kappa shape index (κ1) is 19.5. The molecule has 1 N–H and O–H groups in total. The summed E-state index contributed by atoms with van der Waals surface area (Å²) in [7, 11) is 0. The lowest BCUT2D eigenvalue weighted by Crippen LogP contribution is -2.48. The molecule has 3 heteroatoms. The molecule has 4 rings (SSSR count). The Morgan fingerprint density at radius 2 is 1.82 bits per heavy atom. The number of ether oxygens (including phenoxy) is 1. The van der Waals surface area contributed by atoms with Gasteiger partial charge in [-0.05, 0) is 35.4 Å². The Kier molecular flexibility index (Phi) is 5.01. The number of benzene rings is 2. The lowest BCUT2D eigenvalue weighted by Gasteiger charge is -2.35. The van der Waals surface area contributed by atoms with Gasteiger partial charge in [-0.25, -0.2) is 0 Å². The predicted molar refractivity (Wildman–Crippen MR) is 114 cm³/mol. The number of hydrogen-bond donors (Lipinski definition) is 1. The molecule has 2 aliphatic rings. The smallest absolute Gasteiger partial charge is 0.156 e. The van der Waals surface area contributed by atoms with E-state index >= 15 is 0 Å². The van der Waals surface area contributed by atoms with Crippen LogP contribution >= 0.6 is 0 Å². The molecule has 1 saturated heterocycles. The molecular weight excluding hydrogens is 346 g/mol. The van der Waals surface area contributed by atoms with Crippen LogP contribution in [0.3, 0.4) is 0 Å². The van der Waals surface area contributed by atoms with Gasteiger partial charge in [0.2, 0.25) is 0 Å². The maximum atomic E-state index is 11.6. The van der Waals surface area contributed by atoms with E-state index in [1.165, 1.54) is 11.1 Å². The third kappa shape index (κ3) is 3.05. The average Bonchev–Trinajstić information content (AvgIpc) is 3.15. The van der Waals surface area contributed by atoms with Gasteiger partial charge >= 0.3 is 0 Å². The molecule has 3 atom stereocenters. The molecule has 28 heavy (non-hydrogen) atoms. The summed E-state index contributed by atoms with van der Waals surface area (Å²) in [6, 6.07) is 14.9. The summed E-state index contributed by atoms with van der Waals surface area (Å²) in [6.07, 6.45) is -0.575. The second-order valence-electron chi connectivity index (χ2n) is 9.33. The maximum Gasteiger partial charge on any atom is 0.156 e. The Balaban J connectivity index is 1.71. The molecule has 1 spiro atoms. The predicted octanol–water partition coefficient (Wildman–Crippen LogP) is 5.07. The fourth-order valence-corrected chi connectivity index (χ4v) is 5.21. The Morgan fingerprint density at radius 3 is 2.46 bits per heavy atom. The van der Waals surface area contributed by atoms with Gasteiger partial charge < -0.3 is 9.84 Å². The van der Waals surface area contributed by atoms with E-state index in [-0.39, 0.29) is 5.92 Å². The van der Waals surface area contributed by atoms with Crippen molar-refractivity contribution in [3.8, 4) is 5.75 Å². The van der Waals surface area contributed by atoms with Crippen molar-refractivity contribution in [3.05, 3.63) is 64.7 Å². The Morgan fingerprint density at radius 1 is 1.11 bits per heavy atom. The molecule has 0 aliphatic carbocycles. The molecule has 2 aromatic carbocycles. The highest BCUT2D eigenvalue weighted by atomic mass is 16.5. The van der Waals surface area contributed by atoms with E-state index < -0.39 is 11.7 Å². The number of hydrogen-bond acceptors (Lipinski definition) is 3. The van der Waals surface area contributed by atoms with Gasteiger partial charge in [0.05, 0.1) is 0 Å². The summed E-state index contributed by atoms with van der Waals surface area (Å²) in [5.41, 5.74) is 4.11. The highest BCUT2D eigenvalue weighted by molar-refractivity contribution is 5.53. The number of nitrogens with zero attached hydrogens (tertiary/aromatic N) is 1. The standard InChI is InChI=1S/C25H33NO2/c1-16(2)20-12-11-18(5)22-23(20)28-25(24(22)27)15-26(14-21(25)17(3)4)13-19-9-7-6-8-10-19/h6-12,16-17,21,24,27H,13-15H2,1-5H3/t21-,24?,25-/m1/s1. The fourth-order valence-electron chi connectivity index (χ4n) is 5.21. The van der Waals surface area contributed by atoms with Crippen LogP contribution in [-0.4, -0.2) is 28.7 Å². The molecule has 2 aromatic rings. The van der Waals surface area contributed by atoms with Gasteiger partial charge in [-0.2, -0.15) is 0 Å². The molecule has 1 fully saturated rings. The molecule has 0 amide bonds. The topological polar surface area (TPSA) is 32.7 Å². The lowest BCUT2D eigenvalue weighted by atomic mass is 9.77. The SMILES string of the molecule is Cc1ccc(C(C)C)c2c1C(O)[C@]1(CN(Cc3ccccc3)C[C@@H]1C(C)C)O2. The van der Waals surface area contributed by atoms with E-state index in [2.05, 4.69) is 82.0 Å². The monoisotopic (exact) mass is 379 g/mol. The van der Waals surface area contributed by atoms with Crippen molar-refractivity contribution in [1.82, 2.24) is 4.90 Å². The number of rotatable bonds is 4. The van der Waals surface area contributed by atoms with Gasteiger partial charge in [0.15, 0.2) is 5.60 Å². The highest BCUT2D eigenvalue weighted by Gasteiger charge is 2.59. The third-order valence-corrected chi connectivity index (χ3v) is 6.70. The zero-order chi connectivity index (χ0) is 20.1.